The van der Waals surface area contributed by atoms with Gasteiger partial charge in [0, 0.05) is 10.7 Å². The Labute approximate surface area is 157 Å². The SMILES string of the molecule is COC(=O)C1=C(C(=O)OC)N(c2c(Cl)cc(Br)cc2Cl)C=CC=C1. The van der Waals surface area contributed by atoms with E-state index < -0.39 is 11.9 Å². The van der Waals surface area contributed by atoms with Crippen molar-refractivity contribution in [3.8, 4) is 0 Å². The molecule has 0 atom stereocenters. The first-order chi connectivity index (χ1) is 11.4. The third kappa shape index (κ3) is 3.66. The minimum atomic E-state index is -0.735. The van der Waals surface area contributed by atoms with Crippen LogP contribution in [-0.4, -0.2) is 26.2 Å². The van der Waals surface area contributed by atoms with E-state index in [1.807, 2.05) is 0 Å². The first-order valence-electron chi connectivity index (χ1n) is 6.60. The zero-order valence-corrected chi connectivity index (χ0v) is 15.8. The number of anilines is 1. The summed E-state index contributed by atoms with van der Waals surface area (Å²) in [6, 6.07) is 3.25. The Hall–Kier alpha value is -1.76. The number of carbonyl (C=O) groups is 2. The summed E-state index contributed by atoms with van der Waals surface area (Å²) in [6.07, 6.45) is 6.23. The van der Waals surface area contributed by atoms with Gasteiger partial charge in [-0.25, -0.2) is 9.59 Å². The summed E-state index contributed by atoms with van der Waals surface area (Å²) in [4.78, 5) is 25.8. The molecule has 126 valence electrons. The molecule has 0 radical (unpaired) electrons. The number of benzene rings is 1. The molecule has 0 N–H and O–H groups in total. The van der Waals surface area contributed by atoms with E-state index in [0.29, 0.717) is 10.2 Å². The van der Waals surface area contributed by atoms with Crippen molar-refractivity contribution < 1.29 is 19.1 Å². The topological polar surface area (TPSA) is 55.8 Å². The third-order valence-corrected chi connectivity index (χ3v) is 4.15. The minimum absolute atomic E-state index is 0.0180. The molecule has 1 heterocycles. The van der Waals surface area contributed by atoms with Crippen molar-refractivity contribution in [2.75, 3.05) is 19.1 Å². The molecular formula is C16H12BrCl2NO4. The van der Waals surface area contributed by atoms with Crippen molar-refractivity contribution in [1.82, 2.24) is 0 Å². The summed E-state index contributed by atoms with van der Waals surface area (Å²) in [5.41, 5.74) is 0.299. The smallest absolute Gasteiger partial charge is 0.355 e. The maximum absolute atomic E-state index is 12.3. The van der Waals surface area contributed by atoms with Crippen LogP contribution in [0.5, 0.6) is 0 Å². The molecule has 24 heavy (non-hydrogen) atoms. The van der Waals surface area contributed by atoms with E-state index in [9.17, 15) is 9.59 Å². The third-order valence-electron chi connectivity index (χ3n) is 3.11. The molecule has 0 amide bonds. The number of allylic oxidation sites excluding steroid dienone is 2. The Morgan fingerprint density at radius 2 is 1.62 bits per heavy atom. The second-order valence-corrected chi connectivity index (χ2v) is 6.26. The number of hydrogen-bond acceptors (Lipinski definition) is 5. The Morgan fingerprint density at radius 3 is 2.17 bits per heavy atom. The predicted octanol–water partition coefficient (Wildman–Crippen LogP) is 4.25. The van der Waals surface area contributed by atoms with Crippen LogP contribution < -0.4 is 4.90 Å². The molecule has 1 aliphatic rings. The van der Waals surface area contributed by atoms with Gasteiger partial charge >= 0.3 is 11.9 Å². The zero-order valence-electron chi connectivity index (χ0n) is 12.7. The highest BCUT2D eigenvalue weighted by Gasteiger charge is 2.29. The molecule has 0 fully saturated rings. The fraction of sp³-hybridized carbons (Fsp3) is 0.125. The van der Waals surface area contributed by atoms with E-state index in [-0.39, 0.29) is 21.3 Å². The molecular weight excluding hydrogens is 421 g/mol. The number of esters is 2. The van der Waals surface area contributed by atoms with E-state index >= 15 is 0 Å². The van der Waals surface area contributed by atoms with Crippen molar-refractivity contribution in [3.05, 3.63) is 62.3 Å². The average Bonchev–Trinajstić information content (AvgIpc) is 2.75. The van der Waals surface area contributed by atoms with Gasteiger partial charge in [0.2, 0.25) is 0 Å². The van der Waals surface area contributed by atoms with Crippen LogP contribution in [0.15, 0.2) is 52.3 Å². The van der Waals surface area contributed by atoms with Gasteiger partial charge in [0.1, 0.15) is 5.70 Å². The molecule has 0 saturated heterocycles. The van der Waals surface area contributed by atoms with E-state index in [1.54, 1.807) is 30.5 Å². The van der Waals surface area contributed by atoms with Crippen LogP contribution in [0.3, 0.4) is 0 Å². The number of hydrogen-bond donors (Lipinski definition) is 0. The molecule has 0 unspecified atom stereocenters. The Kier molecular flexibility index (Phi) is 6.10. The molecule has 0 bridgehead atoms. The van der Waals surface area contributed by atoms with E-state index in [4.69, 9.17) is 32.7 Å². The average molecular weight is 433 g/mol. The van der Waals surface area contributed by atoms with Gasteiger partial charge in [-0.1, -0.05) is 45.2 Å². The van der Waals surface area contributed by atoms with Gasteiger partial charge in [0.15, 0.2) is 0 Å². The summed E-state index contributed by atoms with van der Waals surface area (Å²) in [7, 11) is 2.44. The van der Waals surface area contributed by atoms with Crippen LogP contribution in [0.4, 0.5) is 5.69 Å². The molecule has 2 rings (SSSR count). The molecule has 8 heteroatoms. The van der Waals surface area contributed by atoms with Gasteiger partial charge in [-0.3, -0.25) is 0 Å². The number of halogens is 3. The highest BCUT2D eigenvalue weighted by molar-refractivity contribution is 9.10. The van der Waals surface area contributed by atoms with Crippen molar-refractivity contribution >= 4 is 56.8 Å². The lowest BCUT2D eigenvalue weighted by Gasteiger charge is -2.25. The quantitative estimate of drug-likeness (QED) is 0.668. The van der Waals surface area contributed by atoms with E-state index in [1.165, 1.54) is 25.2 Å². The molecule has 0 aliphatic carbocycles. The molecule has 5 nitrogen and oxygen atoms in total. The molecule has 0 saturated carbocycles. The number of nitrogens with zero attached hydrogens (tertiary/aromatic N) is 1. The van der Waals surface area contributed by atoms with Crippen LogP contribution in [0.1, 0.15) is 0 Å². The van der Waals surface area contributed by atoms with Gasteiger partial charge in [-0.05, 0) is 24.3 Å². The maximum atomic E-state index is 12.3. The maximum Gasteiger partial charge on any atom is 0.355 e. The normalized spacial score (nSPS) is 13.8. The summed E-state index contributed by atoms with van der Waals surface area (Å²) in [5, 5.41) is 0.568. The lowest BCUT2D eigenvalue weighted by Crippen LogP contribution is -2.27. The van der Waals surface area contributed by atoms with E-state index in [0.717, 1.165) is 0 Å². The fourth-order valence-electron chi connectivity index (χ4n) is 2.10. The Bertz CT molecular complexity index is 763. The first kappa shape index (κ1) is 18.6. The summed E-state index contributed by atoms with van der Waals surface area (Å²) in [5.74, 6) is -1.42. The van der Waals surface area contributed by atoms with Gasteiger partial charge in [0.25, 0.3) is 0 Å². The monoisotopic (exact) mass is 431 g/mol. The number of rotatable bonds is 3. The van der Waals surface area contributed by atoms with E-state index in [2.05, 4.69) is 15.9 Å². The van der Waals surface area contributed by atoms with Crippen molar-refractivity contribution in [1.29, 1.82) is 0 Å². The van der Waals surface area contributed by atoms with Gasteiger partial charge in [-0.15, -0.1) is 0 Å². The van der Waals surface area contributed by atoms with Crippen molar-refractivity contribution in [2.45, 2.75) is 0 Å². The molecule has 1 aliphatic heterocycles. The molecule has 0 spiro atoms. The second-order valence-electron chi connectivity index (χ2n) is 4.53. The lowest BCUT2D eigenvalue weighted by atomic mass is 10.1. The summed E-state index contributed by atoms with van der Waals surface area (Å²) >= 11 is 15.9. The predicted molar refractivity (Wildman–Crippen MR) is 96.0 cm³/mol. The van der Waals surface area contributed by atoms with Crippen molar-refractivity contribution in [2.24, 2.45) is 0 Å². The Balaban J connectivity index is 2.75. The molecule has 1 aromatic rings. The Morgan fingerprint density at radius 1 is 1.04 bits per heavy atom. The van der Waals surface area contributed by atoms with Crippen LogP contribution in [0.25, 0.3) is 0 Å². The van der Waals surface area contributed by atoms with Gasteiger partial charge < -0.3 is 14.4 Å². The lowest BCUT2D eigenvalue weighted by molar-refractivity contribution is -0.139. The zero-order chi connectivity index (χ0) is 17.9. The highest BCUT2D eigenvalue weighted by Crippen LogP contribution is 2.40. The van der Waals surface area contributed by atoms with Gasteiger partial charge in [0.05, 0.1) is 35.5 Å². The summed E-state index contributed by atoms with van der Waals surface area (Å²) < 4.78 is 10.2. The largest absolute Gasteiger partial charge is 0.465 e. The van der Waals surface area contributed by atoms with Crippen LogP contribution in [0, 0.1) is 0 Å². The summed E-state index contributed by atoms with van der Waals surface area (Å²) in [6.45, 7) is 0. The highest BCUT2D eigenvalue weighted by atomic mass is 79.9. The van der Waals surface area contributed by atoms with Crippen molar-refractivity contribution in [3.63, 3.8) is 0 Å². The number of carbonyl (C=O) groups excluding carboxylic acids is 2. The van der Waals surface area contributed by atoms with Gasteiger partial charge in [-0.2, -0.15) is 0 Å². The molecule has 1 aromatic carbocycles. The van der Waals surface area contributed by atoms with Crippen LogP contribution in [-0.2, 0) is 19.1 Å². The van der Waals surface area contributed by atoms with Crippen LogP contribution in [0.2, 0.25) is 10.0 Å². The fourth-order valence-corrected chi connectivity index (χ4v) is 3.49. The standard InChI is InChI=1S/C16H12BrCl2NO4/c1-23-15(21)10-5-3-4-6-20(13(10)16(22)24-2)14-11(18)7-9(17)8-12(14)19/h3-8H,1-2H3. The number of methoxy groups -OCH3 is 2. The first-order valence-corrected chi connectivity index (χ1v) is 8.15. The van der Waals surface area contributed by atoms with Crippen LogP contribution >= 0.6 is 39.1 Å². The molecule has 0 aromatic heterocycles. The minimum Gasteiger partial charge on any atom is -0.465 e. The number of ether oxygens (including phenoxy) is 2. The second kappa shape index (κ2) is 7.88.